The van der Waals surface area contributed by atoms with Gasteiger partial charge in [-0.05, 0) is 24.3 Å². The number of rotatable bonds is 5. The van der Waals surface area contributed by atoms with E-state index in [0.29, 0.717) is 31.8 Å². The van der Waals surface area contributed by atoms with Crippen LogP contribution in [-0.2, 0) is 4.79 Å². The fraction of sp³-hybridized carbons (Fsp3) is 0.333. The van der Waals surface area contributed by atoms with Gasteiger partial charge in [0.15, 0.2) is 5.76 Å². The van der Waals surface area contributed by atoms with Gasteiger partial charge in [0.2, 0.25) is 5.91 Å². The van der Waals surface area contributed by atoms with Crippen LogP contribution in [0.25, 0.3) is 0 Å². The first-order chi connectivity index (χ1) is 11.7. The highest BCUT2D eigenvalue weighted by molar-refractivity contribution is 5.91. The van der Waals surface area contributed by atoms with Crippen molar-refractivity contribution in [3.8, 4) is 0 Å². The second kappa shape index (κ2) is 7.79. The molecule has 0 unspecified atom stereocenters. The Morgan fingerprint density at radius 1 is 1.00 bits per heavy atom. The molecular formula is C18H21N3O3. The van der Waals surface area contributed by atoms with E-state index in [9.17, 15) is 9.59 Å². The molecule has 1 fully saturated rings. The smallest absolute Gasteiger partial charge is 0.289 e. The Morgan fingerprint density at radius 2 is 1.75 bits per heavy atom. The number of para-hydroxylation sites is 1. The summed E-state index contributed by atoms with van der Waals surface area (Å²) in [5, 5.41) is 2.88. The summed E-state index contributed by atoms with van der Waals surface area (Å²) < 4.78 is 5.15. The van der Waals surface area contributed by atoms with Crippen LogP contribution in [0.5, 0.6) is 0 Å². The average Bonchev–Trinajstić information content (AvgIpc) is 3.15. The first-order valence-electron chi connectivity index (χ1n) is 8.12. The number of piperazine rings is 1. The highest BCUT2D eigenvalue weighted by Crippen LogP contribution is 2.10. The van der Waals surface area contributed by atoms with E-state index in [0.717, 1.165) is 18.8 Å². The molecule has 1 aliphatic heterocycles. The first kappa shape index (κ1) is 16.3. The number of benzene rings is 1. The van der Waals surface area contributed by atoms with Crippen molar-refractivity contribution in [1.82, 2.24) is 9.80 Å². The number of amides is 2. The quantitative estimate of drug-likeness (QED) is 0.913. The van der Waals surface area contributed by atoms with E-state index in [1.807, 2.05) is 30.3 Å². The zero-order chi connectivity index (χ0) is 16.8. The minimum absolute atomic E-state index is 0.00953. The minimum Gasteiger partial charge on any atom is -0.459 e. The second-order valence-electron chi connectivity index (χ2n) is 5.78. The zero-order valence-corrected chi connectivity index (χ0v) is 13.5. The van der Waals surface area contributed by atoms with Crippen LogP contribution in [0.15, 0.2) is 53.1 Å². The van der Waals surface area contributed by atoms with Crippen LogP contribution in [0, 0.1) is 0 Å². The molecule has 0 radical (unpaired) electrons. The topological polar surface area (TPSA) is 65.8 Å². The Balaban J connectivity index is 1.39. The summed E-state index contributed by atoms with van der Waals surface area (Å²) in [7, 11) is 0. The van der Waals surface area contributed by atoms with Gasteiger partial charge < -0.3 is 14.6 Å². The molecule has 0 atom stereocenters. The van der Waals surface area contributed by atoms with Crippen LogP contribution >= 0.6 is 0 Å². The molecule has 1 aromatic heterocycles. The molecule has 0 saturated carbocycles. The second-order valence-corrected chi connectivity index (χ2v) is 5.78. The molecule has 6 nitrogen and oxygen atoms in total. The molecule has 1 saturated heterocycles. The van der Waals surface area contributed by atoms with E-state index in [-0.39, 0.29) is 11.8 Å². The summed E-state index contributed by atoms with van der Waals surface area (Å²) in [6.45, 7) is 3.54. The number of carbonyl (C=O) groups excluding carboxylic acids is 2. The van der Waals surface area contributed by atoms with Crippen molar-refractivity contribution in [3.63, 3.8) is 0 Å². The number of anilines is 1. The van der Waals surface area contributed by atoms with E-state index < -0.39 is 0 Å². The summed E-state index contributed by atoms with van der Waals surface area (Å²) in [4.78, 5) is 28.2. The lowest BCUT2D eigenvalue weighted by Gasteiger charge is -2.34. The zero-order valence-electron chi connectivity index (χ0n) is 13.5. The van der Waals surface area contributed by atoms with Crippen molar-refractivity contribution in [2.75, 3.05) is 38.0 Å². The number of hydrogen-bond acceptors (Lipinski definition) is 4. The van der Waals surface area contributed by atoms with Gasteiger partial charge in [-0.1, -0.05) is 18.2 Å². The predicted molar refractivity (Wildman–Crippen MR) is 90.7 cm³/mol. The molecule has 24 heavy (non-hydrogen) atoms. The highest BCUT2D eigenvalue weighted by Gasteiger charge is 2.23. The Kier molecular flexibility index (Phi) is 5.28. The lowest BCUT2D eigenvalue weighted by Crippen LogP contribution is -2.49. The summed E-state index contributed by atoms with van der Waals surface area (Å²) in [5.74, 6) is 0.322. The first-order valence-corrected chi connectivity index (χ1v) is 8.12. The number of carbonyl (C=O) groups is 2. The van der Waals surface area contributed by atoms with Gasteiger partial charge in [0.1, 0.15) is 0 Å². The molecule has 0 spiro atoms. The van der Waals surface area contributed by atoms with E-state index >= 15 is 0 Å². The van der Waals surface area contributed by atoms with Crippen LogP contribution in [0.1, 0.15) is 17.0 Å². The Hall–Kier alpha value is -2.60. The third-order valence-corrected chi connectivity index (χ3v) is 4.10. The van der Waals surface area contributed by atoms with Gasteiger partial charge in [0, 0.05) is 44.8 Å². The average molecular weight is 327 g/mol. The van der Waals surface area contributed by atoms with Crippen molar-refractivity contribution >= 4 is 17.5 Å². The van der Waals surface area contributed by atoms with E-state index in [2.05, 4.69) is 10.2 Å². The maximum absolute atomic E-state index is 12.2. The van der Waals surface area contributed by atoms with Gasteiger partial charge in [-0.25, -0.2) is 0 Å². The van der Waals surface area contributed by atoms with Gasteiger partial charge in [-0.3, -0.25) is 14.5 Å². The number of furan rings is 1. The molecule has 1 N–H and O–H groups in total. The summed E-state index contributed by atoms with van der Waals surface area (Å²) in [5.41, 5.74) is 0.816. The van der Waals surface area contributed by atoms with Crippen molar-refractivity contribution < 1.29 is 14.0 Å². The molecule has 1 aromatic carbocycles. The van der Waals surface area contributed by atoms with E-state index in [1.165, 1.54) is 6.26 Å². The third kappa shape index (κ3) is 4.23. The number of nitrogens with zero attached hydrogens (tertiary/aromatic N) is 2. The Morgan fingerprint density at radius 3 is 2.42 bits per heavy atom. The molecule has 2 amide bonds. The standard InChI is InChI=1S/C18H21N3O3/c22-17(19-15-5-2-1-3-6-15)8-9-20-10-12-21(13-11-20)18(23)16-7-4-14-24-16/h1-7,14H,8-13H2,(H,19,22). The van der Waals surface area contributed by atoms with E-state index in [1.54, 1.807) is 17.0 Å². The molecule has 2 aromatic rings. The summed E-state index contributed by atoms with van der Waals surface area (Å²) >= 11 is 0. The number of nitrogens with one attached hydrogen (secondary N) is 1. The van der Waals surface area contributed by atoms with Crippen LogP contribution < -0.4 is 5.32 Å². The molecular weight excluding hydrogens is 306 g/mol. The van der Waals surface area contributed by atoms with Crippen LogP contribution in [0.3, 0.4) is 0 Å². The number of hydrogen-bond donors (Lipinski definition) is 1. The van der Waals surface area contributed by atoms with E-state index in [4.69, 9.17) is 4.42 Å². The van der Waals surface area contributed by atoms with Crippen molar-refractivity contribution in [2.24, 2.45) is 0 Å². The maximum atomic E-state index is 12.2. The Labute approximate surface area is 141 Å². The molecule has 2 heterocycles. The van der Waals surface area contributed by atoms with Gasteiger partial charge in [-0.15, -0.1) is 0 Å². The lowest BCUT2D eigenvalue weighted by molar-refractivity contribution is -0.116. The fourth-order valence-corrected chi connectivity index (χ4v) is 2.74. The fourth-order valence-electron chi connectivity index (χ4n) is 2.74. The van der Waals surface area contributed by atoms with Crippen molar-refractivity contribution in [3.05, 3.63) is 54.5 Å². The van der Waals surface area contributed by atoms with Gasteiger partial charge in [0.25, 0.3) is 5.91 Å². The largest absolute Gasteiger partial charge is 0.459 e. The van der Waals surface area contributed by atoms with Gasteiger partial charge in [0.05, 0.1) is 6.26 Å². The Bertz CT molecular complexity index is 662. The van der Waals surface area contributed by atoms with Gasteiger partial charge in [-0.2, -0.15) is 0 Å². The predicted octanol–water partition coefficient (Wildman–Crippen LogP) is 2.07. The highest BCUT2D eigenvalue weighted by atomic mass is 16.3. The molecule has 126 valence electrons. The molecule has 3 rings (SSSR count). The lowest BCUT2D eigenvalue weighted by atomic mass is 10.2. The molecule has 0 aliphatic carbocycles. The SMILES string of the molecule is O=C(CCN1CCN(C(=O)c2ccco2)CC1)Nc1ccccc1. The molecule has 1 aliphatic rings. The normalized spacial score (nSPS) is 15.2. The minimum atomic E-state index is -0.0681. The summed E-state index contributed by atoms with van der Waals surface area (Å²) in [6.07, 6.45) is 1.95. The van der Waals surface area contributed by atoms with Crippen LogP contribution in [-0.4, -0.2) is 54.3 Å². The summed E-state index contributed by atoms with van der Waals surface area (Å²) in [6, 6.07) is 12.8. The monoisotopic (exact) mass is 327 g/mol. The molecule has 6 heteroatoms. The molecule has 0 bridgehead atoms. The maximum Gasteiger partial charge on any atom is 0.289 e. The van der Waals surface area contributed by atoms with Crippen LogP contribution in [0.4, 0.5) is 5.69 Å². The van der Waals surface area contributed by atoms with Crippen molar-refractivity contribution in [1.29, 1.82) is 0 Å². The van der Waals surface area contributed by atoms with Crippen molar-refractivity contribution in [2.45, 2.75) is 6.42 Å². The van der Waals surface area contributed by atoms with Gasteiger partial charge >= 0.3 is 0 Å². The van der Waals surface area contributed by atoms with Crippen LogP contribution in [0.2, 0.25) is 0 Å². The third-order valence-electron chi connectivity index (χ3n) is 4.10.